The molecular formula is C18H14ClN7. The maximum absolute atomic E-state index is 6.32. The van der Waals surface area contributed by atoms with Gasteiger partial charge in [0.15, 0.2) is 5.82 Å². The number of hydrogen-bond acceptors (Lipinski definition) is 6. The summed E-state index contributed by atoms with van der Waals surface area (Å²) in [6.07, 6.45) is 5.73. The number of aromatic amines is 1. The molecular weight excluding hydrogens is 350 g/mol. The number of benzene rings is 1. The van der Waals surface area contributed by atoms with Gasteiger partial charge in [-0.3, -0.25) is 10.1 Å². The molecule has 26 heavy (non-hydrogen) atoms. The molecule has 1 aliphatic rings. The number of fused-ring (bicyclic) bond motifs is 1. The summed E-state index contributed by atoms with van der Waals surface area (Å²) >= 11 is 6.32. The largest absolute Gasteiger partial charge is 0.307 e. The average Bonchev–Trinajstić information content (AvgIpc) is 3.41. The second-order valence-electron chi connectivity index (χ2n) is 6.21. The molecule has 1 saturated carbocycles. The summed E-state index contributed by atoms with van der Waals surface area (Å²) in [5.41, 5.74) is 1.48. The van der Waals surface area contributed by atoms with Gasteiger partial charge >= 0.3 is 0 Å². The lowest BCUT2D eigenvalue weighted by Gasteiger charge is -2.09. The van der Waals surface area contributed by atoms with Crippen molar-refractivity contribution >= 4 is 34.3 Å². The monoisotopic (exact) mass is 363 g/mol. The Morgan fingerprint density at radius 3 is 2.81 bits per heavy atom. The Bertz CT molecular complexity index is 1100. The highest BCUT2D eigenvalue weighted by Gasteiger charge is 2.27. The molecule has 1 aliphatic carbocycles. The predicted molar refractivity (Wildman–Crippen MR) is 99.4 cm³/mol. The van der Waals surface area contributed by atoms with Crippen LogP contribution in [0.15, 0.2) is 42.7 Å². The van der Waals surface area contributed by atoms with Crippen LogP contribution in [0.1, 0.15) is 24.6 Å². The highest BCUT2D eigenvalue weighted by molar-refractivity contribution is 6.33. The van der Waals surface area contributed by atoms with E-state index >= 15 is 0 Å². The van der Waals surface area contributed by atoms with Crippen LogP contribution in [0.3, 0.4) is 0 Å². The third-order valence-corrected chi connectivity index (χ3v) is 4.64. The van der Waals surface area contributed by atoms with Crippen LogP contribution in [0.4, 0.5) is 11.8 Å². The highest BCUT2D eigenvalue weighted by atomic mass is 35.5. The van der Waals surface area contributed by atoms with Crippen molar-refractivity contribution in [3.8, 4) is 11.4 Å². The molecule has 4 aromatic rings. The quantitative estimate of drug-likeness (QED) is 0.567. The van der Waals surface area contributed by atoms with Crippen molar-refractivity contribution in [2.75, 3.05) is 5.32 Å². The highest BCUT2D eigenvalue weighted by Crippen LogP contribution is 2.38. The zero-order valence-corrected chi connectivity index (χ0v) is 14.4. The molecule has 0 saturated heterocycles. The van der Waals surface area contributed by atoms with Crippen LogP contribution in [0, 0.1) is 0 Å². The summed E-state index contributed by atoms with van der Waals surface area (Å²) in [5, 5.41) is 11.9. The summed E-state index contributed by atoms with van der Waals surface area (Å²) in [4.78, 5) is 18.0. The van der Waals surface area contributed by atoms with Gasteiger partial charge in [0.1, 0.15) is 11.6 Å². The van der Waals surface area contributed by atoms with E-state index in [1.807, 2.05) is 30.3 Å². The number of H-pyrrole nitrogens is 1. The molecule has 0 radical (unpaired) electrons. The first-order chi connectivity index (χ1) is 12.8. The van der Waals surface area contributed by atoms with Crippen molar-refractivity contribution in [2.24, 2.45) is 0 Å². The fourth-order valence-corrected chi connectivity index (χ4v) is 3.03. The van der Waals surface area contributed by atoms with Gasteiger partial charge in [-0.25, -0.2) is 9.97 Å². The predicted octanol–water partition coefficient (Wildman–Crippen LogP) is 4.08. The Hall–Kier alpha value is -3.06. The Kier molecular flexibility index (Phi) is 3.53. The minimum Gasteiger partial charge on any atom is -0.307 e. The zero-order chi connectivity index (χ0) is 17.5. The van der Waals surface area contributed by atoms with E-state index in [0.717, 1.165) is 35.1 Å². The van der Waals surface area contributed by atoms with E-state index in [1.165, 1.54) is 0 Å². The number of anilines is 2. The van der Waals surface area contributed by atoms with E-state index < -0.39 is 0 Å². The van der Waals surface area contributed by atoms with Crippen LogP contribution >= 0.6 is 11.6 Å². The van der Waals surface area contributed by atoms with Crippen molar-refractivity contribution in [2.45, 2.75) is 18.8 Å². The fourth-order valence-electron chi connectivity index (χ4n) is 2.81. The molecule has 3 aromatic heterocycles. The Morgan fingerprint density at radius 2 is 1.96 bits per heavy atom. The molecule has 3 heterocycles. The first kappa shape index (κ1) is 15.2. The fraction of sp³-hybridized carbons (Fsp3) is 0.167. The molecule has 2 N–H and O–H groups in total. The maximum atomic E-state index is 6.32. The summed E-state index contributed by atoms with van der Waals surface area (Å²) in [7, 11) is 0. The third kappa shape index (κ3) is 2.76. The lowest BCUT2D eigenvalue weighted by Crippen LogP contribution is -2.01. The van der Waals surface area contributed by atoms with Crippen LogP contribution in [0.25, 0.3) is 22.3 Å². The number of nitrogens with zero attached hydrogens (tertiary/aromatic N) is 5. The van der Waals surface area contributed by atoms with Gasteiger partial charge in [-0.05, 0) is 31.0 Å². The van der Waals surface area contributed by atoms with Gasteiger partial charge in [0, 0.05) is 23.1 Å². The van der Waals surface area contributed by atoms with Crippen LogP contribution in [-0.4, -0.2) is 30.1 Å². The minimum absolute atomic E-state index is 0.494. The van der Waals surface area contributed by atoms with Gasteiger partial charge < -0.3 is 5.32 Å². The van der Waals surface area contributed by atoms with E-state index in [4.69, 9.17) is 11.6 Å². The molecule has 0 amide bonds. The standard InChI is InChI=1S/C18H14ClN7/c19-13-4-2-1-3-11(13)16-21-14-9-20-8-7-12(14)17(22-16)24-18-23-15(25-26-18)10-5-6-10/h1-4,7-10H,5-6H2,(H2,21,22,23,24,25,26). The van der Waals surface area contributed by atoms with Gasteiger partial charge in [-0.15, -0.1) is 5.10 Å². The van der Waals surface area contributed by atoms with Gasteiger partial charge in [0.05, 0.1) is 16.7 Å². The molecule has 1 fully saturated rings. The second kappa shape index (κ2) is 6.03. The number of halogens is 1. The number of pyridine rings is 1. The van der Waals surface area contributed by atoms with E-state index in [1.54, 1.807) is 12.4 Å². The van der Waals surface area contributed by atoms with Crippen molar-refractivity contribution < 1.29 is 0 Å². The lowest BCUT2D eigenvalue weighted by atomic mass is 10.2. The average molecular weight is 364 g/mol. The summed E-state index contributed by atoms with van der Waals surface area (Å²) in [6.45, 7) is 0. The molecule has 8 heteroatoms. The van der Waals surface area contributed by atoms with Crippen LogP contribution < -0.4 is 5.32 Å². The maximum Gasteiger partial charge on any atom is 0.247 e. The molecule has 1 aromatic carbocycles. The summed E-state index contributed by atoms with van der Waals surface area (Å²) < 4.78 is 0. The van der Waals surface area contributed by atoms with Crippen LogP contribution in [0.2, 0.25) is 5.02 Å². The molecule has 0 aliphatic heterocycles. The molecule has 5 rings (SSSR count). The Labute approximate surface area is 153 Å². The molecule has 0 spiro atoms. The number of aromatic nitrogens is 6. The molecule has 128 valence electrons. The molecule has 7 nitrogen and oxygen atoms in total. The van der Waals surface area contributed by atoms with E-state index in [-0.39, 0.29) is 0 Å². The van der Waals surface area contributed by atoms with Crippen molar-refractivity contribution in [3.63, 3.8) is 0 Å². The zero-order valence-electron chi connectivity index (χ0n) is 13.6. The van der Waals surface area contributed by atoms with Gasteiger partial charge in [-0.2, -0.15) is 4.98 Å². The Balaban J connectivity index is 1.61. The van der Waals surface area contributed by atoms with Gasteiger partial charge in [0.25, 0.3) is 0 Å². The van der Waals surface area contributed by atoms with Crippen LogP contribution in [0.5, 0.6) is 0 Å². The second-order valence-corrected chi connectivity index (χ2v) is 6.62. The molecule has 0 unspecified atom stereocenters. The summed E-state index contributed by atoms with van der Waals surface area (Å²) in [5.74, 6) is 3.06. The molecule has 0 bridgehead atoms. The minimum atomic E-state index is 0.494. The molecule has 0 atom stereocenters. The van der Waals surface area contributed by atoms with Crippen molar-refractivity contribution in [3.05, 3.63) is 53.6 Å². The number of rotatable bonds is 4. The third-order valence-electron chi connectivity index (χ3n) is 4.31. The SMILES string of the molecule is Clc1ccccc1-c1nc(Nc2n[nH]c(C3CC3)n2)c2ccncc2n1. The topological polar surface area (TPSA) is 92.3 Å². The lowest BCUT2D eigenvalue weighted by molar-refractivity contribution is 0.935. The van der Waals surface area contributed by atoms with Crippen molar-refractivity contribution in [1.29, 1.82) is 0 Å². The van der Waals surface area contributed by atoms with Crippen molar-refractivity contribution in [1.82, 2.24) is 30.1 Å². The number of nitrogens with one attached hydrogen (secondary N) is 2. The first-order valence-electron chi connectivity index (χ1n) is 8.34. The smallest absolute Gasteiger partial charge is 0.247 e. The van der Waals surface area contributed by atoms with Gasteiger partial charge in [-0.1, -0.05) is 23.7 Å². The normalized spacial score (nSPS) is 13.9. The van der Waals surface area contributed by atoms with Gasteiger partial charge in [0.2, 0.25) is 5.95 Å². The number of hydrogen-bond donors (Lipinski definition) is 2. The van der Waals surface area contributed by atoms with E-state index in [9.17, 15) is 0 Å². The first-order valence-corrected chi connectivity index (χ1v) is 8.72. The Morgan fingerprint density at radius 1 is 1.08 bits per heavy atom. The van der Waals surface area contributed by atoms with E-state index in [0.29, 0.717) is 28.5 Å². The van der Waals surface area contributed by atoms with Crippen LogP contribution in [-0.2, 0) is 0 Å². The summed E-state index contributed by atoms with van der Waals surface area (Å²) in [6, 6.07) is 9.35. The van der Waals surface area contributed by atoms with E-state index in [2.05, 4.69) is 35.5 Å².